The zero-order valence-electron chi connectivity index (χ0n) is 14.2. The van der Waals surface area contributed by atoms with Crippen LogP contribution in [-0.2, 0) is 16.1 Å². The third-order valence-electron chi connectivity index (χ3n) is 3.85. The lowest BCUT2D eigenvalue weighted by Crippen LogP contribution is -2.30. The summed E-state index contributed by atoms with van der Waals surface area (Å²) in [6.45, 7) is 4.43. The molecule has 132 valence electrons. The van der Waals surface area contributed by atoms with Crippen molar-refractivity contribution in [2.75, 3.05) is 13.2 Å². The fourth-order valence-corrected chi connectivity index (χ4v) is 2.40. The van der Waals surface area contributed by atoms with Gasteiger partial charge in [0, 0.05) is 5.92 Å². The summed E-state index contributed by atoms with van der Waals surface area (Å²) in [5.41, 5.74) is 1.54. The number of carbonyl (C=O) groups is 1. The van der Waals surface area contributed by atoms with Gasteiger partial charge in [-0.2, -0.15) is 0 Å². The quantitative estimate of drug-likeness (QED) is 0.530. The average Bonchev–Trinajstić information content (AvgIpc) is 2.66. The average molecular weight is 340 g/mol. The Kier molecular flexibility index (Phi) is 7.89. The molecule has 0 saturated carbocycles. The van der Waals surface area contributed by atoms with Gasteiger partial charge in [0.05, 0.1) is 31.5 Å². The van der Waals surface area contributed by atoms with Crippen LogP contribution in [0.4, 0.5) is 0 Å². The maximum Gasteiger partial charge on any atom is 0.338 e. The van der Waals surface area contributed by atoms with Crippen LogP contribution in [0.25, 0.3) is 0 Å². The number of hydrogen-bond acceptors (Lipinski definition) is 4. The SMILES string of the molecule is C=CCC(COC(=O)c1ccccc1)[C@H](O)COCc1ccccc1. The van der Waals surface area contributed by atoms with E-state index >= 15 is 0 Å². The molecule has 0 bridgehead atoms. The molecule has 0 aromatic heterocycles. The van der Waals surface area contributed by atoms with Crippen molar-refractivity contribution >= 4 is 5.97 Å². The first kappa shape index (κ1) is 18.9. The van der Waals surface area contributed by atoms with Gasteiger partial charge < -0.3 is 14.6 Å². The first-order valence-corrected chi connectivity index (χ1v) is 8.33. The van der Waals surface area contributed by atoms with Crippen molar-refractivity contribution in [3.8, 4) is 0 Å². The van der Waals surface area contributed by atoms with Crippen LogP contribution in [0.1, 0.15) is 22.3 Å². The summed E-state index contributed by atoms with van der Waals surface area (Å²) >= 11 is 0. The second-order valence-corrected chi connectivity index (χ2v) is 5.82. The fraction of sp³-hybridized carbons (Fsp3) is 0.286. The Morgan fingerprint density at radius 1 is 1.04 bits per heavy atom. The summed E-state index contributed by atoms with van der Waals surface area (Å²) in [5, 5.41) is 10.3. The van der Waals surface area contributed by atoms with Crippen LogP contribution in [0.3, 0.4) is 0 Å². The molecule has 0 radical (unpaired) electrons. The van der Waals surface area contributed by atoms with E-state index in [4.69, 9.17) is 9.47 Å². The molecule has 0 spiro atoms. The topological polar surface area (TPSA) is 55.8 Å². The summed E-state index contributed by atoms with van der Waals surface area (Å²) in [5.74, 6) is -0.645. The summed E-state index contributed by atoms with van der Waals surface area (Å²) in [6.07, 6.45) is 1.52. The molecule has 4 nitrogen and oxygen atoms in total. The van der Waals surface area contributed by atoms with Crippen molar-refractivity contribution in [1.29, 1.82) is 0 Å². The van der Waals surface area contributed by atoms with E-state index in [1.165, 1.54) is 0 Å². The molecule has 0 aliphatic rings. The number of esters is 1. The molecule has 25 heavy (non-hydrogen) atoms. The van der Waals surface area contributed by atoms with Crippen molar-refractivity contribution in [2.45, 2.75) is 19.1 Å². The zero-order chi connectivity index (χ0) is 17.9. The highest BCUT2D eigenvalue weighted by Crippen LogP contribution is 2.14. The maximum atomic E-state index is 12.0. The first-order valence-electron chi connectivity index (χ1n) is 8.33. The predicted molar refractivity (Wildman–Crippen MR) is 97.1 cm³/mol. The van der Waals surface area contributed by atoms with Gasteiger partial charge in [0.2, 0.25) is 0 Å². The molecular weight excluding hydrogens is 316 g/mol. The summed E-state index contributed by atoms with van der Waals surface area (Å²) < 4.78 is 10.9. The Bertz CT molecular complexity index is 639. The molecule has 0 saturated heterocycles. The normalized spacial score (nSPS) is 13.0. The van der Waals surface area contributed by atoms with E-state index in [2.05, 4.69) is 6.58 Å². The monoisotopic (exact) mass is 340 g/mol. The highest BCUT2D eigenvalue weighted by atomic mass is 16.5. The lowest BCUT2D eigenvalue weighted by molar-refractivity contribution is -0.0224. The van der Waals surface area contributed by atoms with Gasteiger partial charge in [0.15, 0.2) is 0 Å². The van der Waals surface area contributed by atoms with Gasteiger partial charge in [0.25, 0.3) is 0 Å². The lowest BCUT2D eigenvalue weighted by Gasteiger charge is -2.21. The number of aliphatic hydroxyl groups is 1. The molecule has 4 heteroatoms. The largest absolute Gasteiger partial charge is 0.462 e. The summed E-state index contributed by atoms with van der Waals surface area (Å²) in [7, 11) is 0. The van der Waals surface area contributed by atoms with Crippen LogP contribution < -0.4 is 0 Å². The van der Waals surface area contributed by atoms with Gasteiger partial charge in [-0.05, 0) is 24.1 Å². The smallest absolute Gasteiger partial charge is 0.338 e. The van der Waals surface area contributed by atoms with Gasteiger partial charge in [-0.3, -0.25) is 0 Å². The van der Waals surface area contributed by atoms with E-state index in [1.807, 2.05) is 36.4 Å². The minimum Gasteiger partial charge on any atom is -0.462 e. The van der Waals surface area contributed by atoms with E-state index < -0.39 is 12.1 Å². The molecule has 0 fully saturated rings. The van der Waals surface area contributed by atoms with Gasteiger partial charge in [-0.1, -0.05) is 54.6 Å². The summed E-state index contributed by atoms with van der Waals surface area (Å²) in [6, 6.07) is 18.6. The van der Waals surface area contributed by atoms with Crippen molar-refractivity contribution in [3.05, 3.63) is 84.4 Å². The lowest BCUT2D eigenvalue weighted by atomic mass is 10.00. The molecule has 1 N–H and O–H groups in total. The van der Waals surface area contributed by atoms with Crippen LogP contribution in [0.15, 0.2) is 73.3 Å². The molecule has 1 unspecified atom stereocenters. The van der Waals surface area contributed by atoms with Gasteiger partial charge in [-0.25, -0.2) is 4.79 Å². The highest BCUT2D eigenvalue weighted by Gasteiger charge is 2.20. The van der Waals surface area contributed by atoms with Gasteiger partial charge in [-0.15, -0.1) is 6.58 Å². The van der Waals surface area contributed by atoms with Crippen LogP contribution in [0, 0.1) is 5.92 Å². The molecule has 2 aromatic carbocycles. The molecule has 0 aliphatic heterocycles. The third-order valence-corrected chi connectivity index (χ3v) is 3.85. The molecule has 2 aromatic rings. The molecule has 0 heterocycles. The highest BCUT2D eigenvalue weighted by molar-refractivity contribution is 5.89. The Morgan fingerprint density at radius 2 is 1.68 bits per heavy atom. The Morgan fingerprint density at radius 3 is 2.32 bits per heavy atom. The van der Waals surface area contributed by atoms with Crippen molar-refractivity contribution in [3.63, 3.8) is 0 Å². The van der Waals surface area contributed by atoms with Crippen molar-refractivity contribution < 1.29 is 19.4 Å². The van der Waals surface area contributed by atoms with Crippen LogP contribution >= 0.6 is 0 Å². The first-order chi connectivity index (χ1) is 12.2. The minimum absolute atomic E-state index is 0.121. The number of rotatable bonds is 10. The van der Waals surface area contributed by atoms with Crippen molar-refractivity contribution in [2.24, 2.45) is 5.92 Å². The molecular formula is C21H24O4. The summed E-state index contributed by atoms with van der Waals surface area (Å²) in [4.78, 5) is 12.0. The van der Waals surface area contributed by atoms with E-state index in [0.29, 0.717) is 18.6 Å². The second-order valence-electron chi connectivity index (χ2n) is 5.82. The number of ether oxygens (including phenoxy) is 2. The third kappa shape index (κ3) is 6.53. The van der Waals surface area contributed by atoms with Gasteiger partial charge >= 0.3 is 5.97 Å². The molecule has 2 rings (SSSR count). The standard InChI is InChI=1S/C21H24O4/c1-2-9-19(15-25-21(23)18-12-7-4-8-13-18)20(22)16-24-14-17-10-5-3-6-11-17/h2-8,10-13,19-20,22H,1,9,14-16H2/t19?,20-/m1/s1. The molecule has 2 atom stereocenters. The van der Waals surface area contributed by atoms with E-state index in [9.17, 15) is 9.90 Å². The Labute approximate surface area is 148 Å². The second kappa shape index (κ2) is 10.4. The van der Waals surface area contributed by atoms with E-state index in [-0.39, 0.29) is 19.1 Å². The number of aliphatic hydroxyl groups excluding tert-OH is 1. The van der Waals surface area contributed by atoms with Crippen LogP contribution in [-0.4, -0.2) is 30.4 Å². The Balaban J connectivity index is 1.80. The molecule has 0 amide bonds. The van der Waals surface area contributed by atoms with E-state index in [1.54, 1.807) is 30.3 Å². The number of allylic oxidation sites excluding steroid dienone is 1. The van der Waals surface area contributed by atoms with Crippen molar-refractivity contribution in [1.82, 2.24) is 0 Å². The zero-order valence-corrected chi connectivity index (χ0v) is 14.2. The number of benzene rings is 2. The number of carbonyl (C=O) groups excluding carboxylic acids is 1. The number of hydrogen-bond donors (Lipinski definition) is 1. The van der Waals surface area contributed by atoms with Gasteiger partial charge in [0.1, 0.15) is 0 Å². The van der Waals surface area contributed by atoms with Crippen LogP contribution in [0.2, 0.25) is 0 Å². The Hall–Kier alpha value is -2.43. The molecule has 0 aliphatic carbocycles. The van der Waals surface area contributed by atoms with E-state index in [0.717, 1.165) is 5.56 Å². The minimum atomic E-state index is -0.731. The fourth-order valence-electron chi connectivity index (χ4n) is 2.40. The predicted octanol–water partition coefficient (Wildman–Crippen LogP) is 3.61. The maximum absolute atomic E-state index is 12.0. The van der Waals surface area contributed by atoms with Crippen LogP contribution in [0.5, 0.6) is 0 Å².